The van der Waals surface area contributed by atoms with E-state index in [2.05, 4.69) is 5.32 Å². The van der Waals surface area contributed by atoms with Gasteiger partial charge in [-0.15, -0.1) is 0 Å². The molecule has 19 heavy (non-hydrogen) atoms. The minimum atomic E-state index is -0.593. The van der Waals surface area contributed by atoms with Crippen molar-refractivity contribution < 1.29 is 19.0 Å². The van der Waals surface area contributed by atoms with Crippen LogP contribution in [0.5, 0.6) is 5.75 Å². The highest BCUT2D eigenvalue weighted by molar-refractivity contribution is 6.30. The predicted molar refractivity (Wildman–Crippen MR) is 70.8 cm³/mol. The molecule has 4 nitrogen and oxygen atoms in total. The quantitative estimate of drug-likeness (QED) is 0.842. The van der Waals surface area contributed by atoms with Gasteiger partial charge in [0.1, 0.15) is 11.6 Å². The van der Waals surface area contributed by atoms with Gasteiger partial charge in [0, 0.05) is 12.6 Å². The molecule has 0 fully saturated rings. The van der Waals surface area contributed by atoms with Crippen LogP contribution in [0.3, 0.4) is 0 Å². The van der Waals surface area contributed by atoms with Crippen LogP contribution >= 0.6 is 11.6 Å². The SMILES string of the molecule is CC(C)C(O)CNC(=O)COc1ccc(F)c(Cl)c1. The van der Waals surface area contributed by atoms with Gasteiger partial charge >= 0.3 is 0 Å². The summed E-state index contributed by atoms with van der Waals surface area (Å²) in [5, 5.41) is 12.0. The van der Waals surface area contributed by atoms with Gasteiger partial charge in [0.25, 0.3) is 5.91 Å². The maximum atomic E-state index is 12.9. The molecular weight excluding hydrogens is 273 g/mol. The highest BCUT2D eigenvalue weighted by Gasteiger charge is 2.11. The Morgan fingerprint density at radius 2 is 2.21 bits per heavy atom. The Kier molecular flexibility index (Phi) is 6.05. The third kappa shape index (κ3) is 5.44. The number of hydrogen-bond donors (Lipinski definition) is 2. The molecule has 1 aromatic rings. The van der Waals surface area contributed by atoms with Crippen LogP contribution in [0, 0.1) is 11.7 Å². The van der Waals surface area contributed by atoms with Gasteiger partial charge in [0.05, 0.1) is 11.1 Å². The van der Waals surface area contributed by atoms with Gasteiger partial charge < -0.3 is 15.2 Å². The molecule has 1 atom stereocenters. The van der Waals surface area contributed by atoms with Crippen molar-refractivity contribution in [3.8, 4) is 5.75 Å². The Balaban J connectivity index is 2.35. The first kappa shape index (κ1) is 15.7. The molecule has 2 N–H and O–H groups in total. The molecule has 0 aliphatic rings. The predicted octanol–water partition coefficient (Wildman–Crippen LogP) is 1.99. The molecule has 1 amide bonds. The van der Waals surface area contributed by atoms with Crippen LogP contribution in [-0.4, -0.2) is 30.3 Å². The van der Waals surface area contributed by atoms with E-state index < -0.39 is 11.9 Å². The van der Waals surface area contributed by atoms with Gasteiger partial charge in [-0.3, -0.25) is 4.79 Å². The van der Waals surface area contributed by atoms with Crippen molar-refractivity contribution >= 4 is 17.5 Å². The minimum Gasteiger partial charge on any atom is -0.484 e. The van der Waals surface area contributed by atoms with Crippen molar-refractivity contribution in [2.24, 2.45) is 5.92 Å². The fraction of sp³-hybridized carbons (Fsp3) is 0.462. The number of hydrogen-bond acceptors (Lipinski definition) is 3. The number of carbonyl (C=O) groups excluding carboxylic acids is 1. The van der Waals surface area contributed by atoms with E-state index in [-0.39, 0.29) is 30.0 Å². The molecule has 0 saturated heterocycles. The zero-order valence-electron chi connectivity index (χ0n) is 10.8. The van der Waals surface area contributed by atoms with E-state index in [1.807, 2.05) is 13.8 Å². The Labute approximate surface area is 116 Å². The zero-order chi connectivity index (χ0) is 14.4. The zero-order valence-corrected chi connectivity index (χ0v) is 11.6. The molecule has 0 aliphatic carbocycles. The molecule has 1 unspecified atom stereocenters. The molecule has 6 heteroatoms. The summed E-state index contributed by atoms with van der Waals surface area (Å²) in [7, 11) is 0. The van der Waals surface area contributed by atoms with E-state index >= 15 is 0 Å². The van der Waals surface area contributed by atoms with E-state index in [4.69, 9.17) is 16.3 Å². The lowest BCUT2D eigenvalue weighted by Crippen LogP contribution is -2.37. The van der Waals surface area contributed by atoms with Crippen LogP contribution in [0.2, 0.25) is 5.02 Å². The van der Waals surface area contributed by atoms with Crippen LogP contribution in [0.4, 0.5) is 4.39 Å². The van der Waals surface area contributed by atoms with E-state index in [1.165, 1.54) is 12.1 Å². The molecule has 0 aromatic heterocycles. The highest BCUT2D eigenvalue weighted by atomic mass is 35.5. The monoisotopic (exact) mass is 289 g/mol. The molecular formula is C13H17ClFNO3. The molecule has 1 aromatic carbocycles. The molecule has 1 rings (SSSR count). The van der Waals surface area contributed by atoms with Crippen LogP contribution in [0.25, 0.3) is 0 Å². The molecule has 0 spiro atoms. The van der Waals surface area contributed by atoms with Crippen molar-refractivity contribution in [1.29, 1.82) is 0 Å². The first-order valence-corrected chi connectivity index (χ1v) is 6.30. The minimum absolute atomic E-state index is 0.0619. The molecule has 106 valence electrons. The van der Waals surface area contributed by atoms with Crippen LogP contribution in [0.1, 0.15) is 13.8 Å². The number of amides is 1. The van der Waals surface area contributed by atoms with Crippen molar-refractivity contribution in [2.75, 3.05) is 13.2 Å². The summed E-state index contributed by atoms with van der Waals surface area (Å²) in [5.74, 6) is -0.526. The highest BCUT2D eigenvalue weighted by Crippen LogP contribution is 2.20. The van der Waals surface area contributed by atoms with Crippen molar-refractivity contribution in [1.82, 2.24) is 5.32 Å². The van der Waals surface area contributed by atoms with Crippen molar-refractivity contribution in [3.63, 3.8) is 0 Å². The van der Waals surface area contributed by atoms with Crippen LogP contribution < -0.4 is 10.1 Å². The fourth-order valence-electron chi connectivity index (χ4n) is 1.22. The molecule has 0 saturated carbocycles. The first-order chi connectivity index (χ1) is 8.90. The van der Waals surface area contributed by atoms with E-state index in [9.17, 15) is 14.3 Å². The molecule has 0 radical (unpaired) electrons. The van der Waals surface area contributed by atoms with E-state index in [0.29, 0.717) is 5.75 Å². The number of benzene rings is 1. The van der Waals surface area contributed by atoms with Crippen LogP contribution in [-0.2, 0) is 4.79 Å². The summed E-state index contributed by atoms with van der Waals surface area (Å²) in [6, 6.07) is 3.85. The number of ether oxygens (including phenoxy) is 1. The first-order valence-electron chi connectivity index (χ1n) is 5.92. The topological polar surface area (TPSA) is 58.6 Å². The summed E-state index contributed by atoms with van der Waals surface area (Å²) >= 11 is 5.58. The molecule has 0 heterocycles. The molecule has 0 aliphatic heterocycles. The Morgan fingerprint density at radius 1 is 1.53 bits per heavy atom. The Bertz CT molecular complexity index is 440. The fourth-order valence-corrected chi connectivity index (χ4v) is 1.39. The summed E-state index contributed by atoms with van der Waals surface area (Å²) < 4.78 is 18.0. The normalized spacial score (nSPS) is 12.3. The number of aliphatic hydroxyl groups is 1. The largest absolute Gasteiger partial charge is 0.484 e. The lowest BCUT2D eigenvalue weighted by atomic mass is 10.1. The lowest BCUT2D eigenvalue weighted by Gasteiger charge is -2.15. The summed E-state index contributed by atoms with van der Waals surface area (Å²) in [6.45, 7) is 3.67. The number of halogens is 2. The Hall–Kier alpha value is -1.33. The number of carbonyl (C=O) groups is 1. The maximum absolute atomic E-state index is 12.9. The average molecular weight is 290 g/mol. The van der Waals surface area contributed by atoms with Gasteiger partial charge in [0.2, 0.25) is 0 Å². The Morgan fingerprint density at radius 3 is 2.79 bits per heavy atom. The molecule has 0 bridgehead atoms. The van der Waals surface area contributed by atoms with Crippen LogP contribution in [0.15, 0.2) is 18.2 Å². The number of aliphatic hydroxyl groups excluding tert-OH is 1. The van der Waals surface area contributed by atoms with Crippen molar-refractivity contribution in [2.45, 2.75) is 20.0 Å². The number of nitrogens with one attached hydrogen (secondary N) is 1. The maximum Gasteiger partial charge on any atom is 0.258 e. The van der Waals surface area contributed by atoms with E-state index in [0.717, 1.165) is 6.07 Å². The van der Waals surface area contributed by atoms with Crippen molar-refractivity contribution in [3.05, 3.63) is 29.0 Å². The van der Waals surface area contributed by atoms with Gasteiger partial charge in [0.15, 0.2) is 6.61 Å². The second kappa shape index (κ2) is 7.31. The van der Waals surface area contributed by atoms with Gasteiger partial charge in [-0.05, 0) is 18.1 Å². The van der Waals surface area contributed by atoms with Gasteiger partial charge in [-0.1, -0.05) is 25.4 Å². The number of rotatable bonds is 6. The van der Waals surface area contributed by atoms with E-state index in [1.54, 1.807) is 0 Å². The second-order valence-corrected chi connectivity index (χ2v) is 4.89. The van der Waals surface area contributed by atoms with Gasteiger partial charge in [-0.2, -0.15) is 0 Å². The lowest BCUT2D eigenvalue weighted by molar-refractivity contribution is -0.123. The summed E-state index contributed by atoms with van der Waals surface area (Å²) in [6.07, 6.45) is -0.593. The third-order valence-corrected chi connectivity index (χ3v) is 2.83. The van der Waals surface area contributed by atoms with Gasteiger partial charge in [-0.25, -0.2) is 4.39 Å². The second-order valence-electron chi connectivity index (χ2n) is 4.48. The standard InChI is InChI=1S/C13H17ClFNO3/c1-8(2)12(17)6-16-13(18)7-19-9-3-4-11(15)10(14)5-9/h3-5,8,12,17H,6-7H2,1-2H3,(H,16,18). The smallest absolute Gasteiger partial charge is 0.258 e. The summed E-state index contributed by atoms with van der Waals surface area (Å²) in [4.78, 5) is 11.4. The average Bonchev–Trinajstić information content (AvgIpc) is 2.37. The third-order valence-electron chi connectivity index (χ3n) is 2.54. The summed E-state index contributed by atoms with van der Waals surface area (Å²) in [5.41, 5.74) is 0.